The van der Waals surface area contributed by atoms with Gasteiger partial charge in [0.1, 0.15) is 17.5 Å². The zero-order chi connectivity index (χ0) is 33.6. The molecule has 4 unspecified atom stereocenters. The van der Waals surface area contributed by atoms with E-state index in [1.807, 2.05) is 50.2 Å². The van der Waals surface area contributed by atoms with Crippen LogP contribution in [0.1, 0.15) is 49.8 Å². The highest BCUT2D eigenvalue weighted by Crippen LogP contribution is 2.47. The number of aliphatic hydroxyl groups is 1. The number of carbonyl (C=O) groups excluding carboxylic acids is 4. The zero-order valence-electron chi connectivity index (χ0n) is 27.2. The molecule has 0 radical (unpaired) electrons. The number of hydrogen-bond donors (Lipinski definition) is 3. The summed E-state index contributed by atoms with van der Waals surface area (Å²) in [6, 6.07) is 21.5. The average molecular weight is 642 g/mol. The van der Waals surface area contributed by atoms with E-state index < -0.39 is 41.0 Å². The fourth-order valence-corrected chi connectivity index (χ4v) is 6.65. The van der Waals surface area contributed by atoms with Gasteiger partial charge in [-0.2, -0.15) is 0 Å². The van der Waals surface area contributed by atoms with Gasteiger partial charge in [-0.3, -0.25) is 19.2 Å². The first-order valence-electron chi connectivity index (χ1n) is 16.2. The van der Waals surface area contributed by atoms with Gasteiger partial charge in [-0.25, -0.2) is 0 Å². The monoisotopic (exact) mass is 641 g/mol. The van der Waals surface area contributed by atoms with E-state index in [9.17, 15) is 24.3 Å². The van der Waals surface area contributed by atoms with Crippen molar-refractivity contribution in [2.75, 3.05) is 43.5 Å². The summed E-state index contributed by atoms with van der Waals surface area (Å²) in [7, 11) is 0. The van der Waals surface area contributed by atoms with E-state index in [1.165, 1.54) is 6.92 Å². The van der Waals surface area contributed by atoms with Crippen LogP contribution in [0.5, 0.6) is 5.75 Å². The number of morpholine rings is 1. The predicted molar refractivity (Wildman–Crippen MR) is 178 cm³/mol. The highest BCUT2D eigenvalue weighted by atomic mass is 16.5. The number of anilines is 2. The Morgan fingerprint density at radius 2 is 1.43 bits per heavy atom. The van der Waals surface area contributed by atoms with Gasteiger partial charge in [-0.15, -0.1) is 0 Å². The lowest BCUT2D eigenvalue weighted by Crippen LogP contribution is -2.56. The summed E-state index contributed by atoms with van der Waals surface area (Å²) in [5.41, 5.74) is 1.80. The number of amides is 3. The summed E-state index contributed by atoms with van der Waals surface area (Å²) in [6.07, 6.45) is 0.983. The molecule has 4 atom stereocenters. The third-order valence-electron chi connectivity index (χ3n) is 9.14. The number of benzene rings is 3. The van der Waals surface area contributed by atoms with Gasteiger partial charge >= 0.3 is 0 Å². The largest absolute Gasteiger partial charge is 0.484 e. The van der Waals surface area contributed by atoms with E-state index in [0.717, 1.165) is 11.1 Å². The molecule has 2 fully saturated rings. The van der Waals surface area contributed by atoms with Gasteiger partial charge in [-0.1, -0.05) is 62.4 Å². The first kappa shape index (κ1) is 33.8. The summed E-state index contributed by atoms with van der Waals surface area (Å²) in [5.74, 6) is -4.64. The Hall–Kier alpha value is -4.54. The Kier molecular flexibility index (Phi) is 10.7. The molecule has 0 aromatic heterocycles. The minimum atomic E-state index is -1.75. The average Bonchev–Trinajstić information content (AvgIpc) is 3.07. The van der Waals surface area contributed by atoms with E-state index in [4.69, 9.17) is 9.47 Å². The highest BCUT2D eigenvalue weighted by Gasteiger charge is 2.56. The van der Waals surface area contributed by atoms with E-state index in [1.54, 1.807) is 41.3 Å². The molecule has 47 heavy (non-hydrogen) atoms. The molecule has 1 saturated carbocycles. The van der Waals surface area contributed by atoms with Crippen LogP contribution >= 0.6 is 0 Å². The number of hydrogen-bond acceptors (Lipinski definition) is 7. The predicted octanol–water partition coefficient (Wildman–Crippen LogP) is 4.37. The SMILES string of the molecule is CCc1ccccc1NC(=O)C1C(=O)CC(C)(O)C(C(=O)Nc2ccccc2CC)C1c1ccc(OCC(=O)N2CCOCC2)cc1. The lowest BCUT2D eigenvalue weighted by molar-refractivity contribution is -0.151. The van der Waals surface area contributed by atoms with Crippen molar-refractivity contribution in [3.8, 4) is 5.75 Å². The number of aryl methyl sites for hydroxylation is 2. The van der Waals surface area contributed by atoms with Crippen LogP contribution < -0.4 is 15.4 Å². The molecule has 3 amide bonds. The molecule has 3 aromatic carbocycles. The third-order valence-corrected chi connectivity index (χ3v) is 9.14. The van der Waals surface area contributed by atoms with Gasteiger partial charge < -0.3 is 30.1 Å². The number of carbonyl (C=O) groups is 4. The number of ether oxygens (including phenoxy) is 2. The quantitative estimate of drug-likeness (QED) is 0.280. The van der Waals surface area contributed by atoms with E-state index in [0.29, 0.717) is 61.8 Å². The molecule has 1 heterocycles. The number of rotatable bonds is 10. The number of ketones is 1. The molecule has 3 aromatic rings. The van der Waals surface area contributed by atoms with Crippen molar-refractivity contribution < 1.29 is 33.8 Å². The molecular formula is C37H43N3O7. The highest BCUT2D eigenvalue weighted by molar-refractivity contribution is 6.10. The maximum absolute atomic E-state index is 14.2. The van der Waals surface area contributed by atoms with Gasteiger partial charge in [0.2, 0.25) is 11.8 Å². The first-order chi connectivity index (χ1) is 22.6. The lowest BCUT2D eigenvalue weighted by Gasteiger charge is -2.44. The molecule has 0 spiro atoms. The second kappa shape index (κ2) is 14.9. The summed E-state index contributed by atoms with van der Waals surface area (Å²) in [6.45, 7) is 7.27. The molecule has 5 rings (SSSR count). The van der Waals surface area contributed by atoms with Crippen molar-refractivity contribution in [3.05, 3.63) is 89.5 Å². The molecule has 1 saturated heterocycles. The fraction of sp³-hybridized carbons (Fsp3) is 0.405. The lowest BCUT2D eigenvalue weighted by atomic mass is 9.61. The molecule has 1 aliphatic heterocycles. The van der Waals surface area contributed by atoms with Gasteiger partial charge in [0.25, 0.3) is 5.91 Å². The summed E-state index contributed by atoms with van der Waals surface area (Å²) in [5, 5.41) is 17.6. The number of para-hydroxylation sites is 2. The topological polar surface area (TPSA) is 134 Å². The van der Waals surface area contributed by atoms with E-state index in [2.05, 4.69) is 10.6 Å². The zero-order valence-corrected chi connectivity index (χ0v) is 27.2. The van der Waals surface area contributed by atoms with Gasteiger partial charge in [0, 0.05) is 36.8 Å². The first-order valence-corrected chi connectivity index (χ1v) is 16.2. The van der Waals surface area contributed by atoms with Crippen LogP contribution in [-0.2, 0) is 36.8 Å². The van der Waals surface area contributed by atoms with Crippen molar-refractivity contribution in [3.63, 3.8) is 0 Å². The van der Waals surface area contributed by atoms with Crippen LogP contribution in [0, 0.1) is 11.8 Å². The van der Waals surface area contributed by atoms with Gasteiger partial charge in [0.05, 0.1) is 24.7 Å². The molecule has 0 bridgehead atoms. The summed E-state index contributed by atoms with van der Waals surface area (Å²) >= 11 is 0. The van der Waals surface area contributed by atoms with Crippen LogP contribution in [0.4, 0.5) is 11.4 Å². The second-order valence-electron chi connectivity index (χ2n) is 12.3. The smallest absolute Gasteiger partial charge is 0.260 e. The van der Waals surface area contributed by atoms with Crippen molar-refractivity contribution in [1.29, 1.82) is 0 Å². The van der Waals surface area contributed by atoms with Crippen molar-refractivity contribution >= 4 is 34.9 Å². The van der Waals surface area contributed by atoms with E-state index in [-0.39, 0.29) is 18.9 Å². The minimum absolute atomic E-state index is 0.153. The Bertz CT molecular complexity index is 1600. The standard InChI is InChI=1S/C37H43N3O7/c1-4-24-10-6-8-12-28(24)38-35(43)33-30(41)22-37(3,45)34(36(44)39-29-13-9-7-11-25(29)5-2)32(33)26-14-16-27(17-15-26)47-23-31(42)40-18-20-46-21-19-40/h6-17,32-34,45H,4-5,18-23H2,1-3H3,(H,38,43)(H,39,44). The minimum Gasteiger partial charge on any atom is -0.484 e. The van der Waals surface area contributed by atoms with Crippen LogP contribution in [0.15, 0.2) is 72.8 Å². The number of nitrogens with one attached hydrogen (secondary N) is 2. The summed E-state index contributed by atoms with van der Waals surface area (Å²) < 4.78 is 11.1. The van der Waals surface area contributed by atoms with Crippen molar-refractivity contribution in [1.82, 2.24) is 4.90 Å². The van der Waals surface area contributed by atoms with Crippen LogP contribution in [0.2, 0.25) is 0 Å². The molecule has 10 heteroatoms. The maximum Gasteiger partial charge on any atom is 0.260 e. The third kappa shape index (κ3) is 7.72. The molecule has 1 aliphatic carbocycles. The second-order valence-corrected chi connectivity index (χ2v) is 12.3. The molecule has 10 nitrogen and oxygen atoms in total. The maximum atomic E-state index is 14.2. The fourth-order valence-electron chi connectivity index (χ4n) is 6.65. The normalized spacial score (nSPS) is 22.8. The van der Waals surface area contributed by atoms with Crippen molar-refractivity contribution in [2.24, 2.45) is 11.8 Å². The number of Topliss-reactive ketones (excluding diaryl/α,β-unsaturated/α-hetero) is 1. The van der Waals surface area contributed by atoms with Gasteiger partial charge in [0.15, 0.2) is 6.61 Å². The molecule has 2 aliphatic rings. The molecule has 248 valence electrons. The Morgan fingerprint density at radius 3 is 2.00 bits per heavy atom. The van der Waals surface area contributed by atoms with Crippen LogP contribution in [0.25, 0.3) is 0 Å². The summed E-state index contributed by atoms with van der Waals surface area (Å²) in [4.78, 5) is 56.3. The van der Waals surface area contributed by atoms with Crippen LogP contribution in [0.3, 0.4) is 0 Å². The number of nitrogens with zero attached hydrogens (tertiary/aromatic N) is 1. The van der Waals surface area contributed by atoms with Crippen LogP contribution in [-0.4, -0.2) is 72.0 Å². The Labute approximate surface area is 275 Å². The Morgan fingerprint density at radius 1 is 0.872 bits per heavy atom. The Balaban J connectivity index is 1.48. The molecular weight excluding hydrogens is 598 g/mol. The van der Waals surface area contributed by atoms with E-state index >= 15 is 0 Å². The van der Waals surface area contributed by atoms with Gasteiger partial charge in [-0.05, 0) is 60.7 Å². The van der Waals surface area contributed by atoms with Crippen molar-refractivity contribution in [2.45, 2.75) is 51.6 Å². The molecule has 3 N–H and O–H groups in total.